The molecule has 0 radical (unpaired) electrons. The first kappa shape index (κ1) is 19.5. The van der Waals surface area contributed by atoms with E-state index in [2.05, 4.69) is 10.4 Å². The van der Waals surface area contributed by atoms with Gasteiger partial charge >= 0.3 is 6.03 Å². The summed E-state index contributed by atoms with van der Waals surface area (Å²) in [5, 5.41) is 7.96. The Bertz CT molecular complexity index is 988. The Morgan fingerprint density at radius 2 is 2.00 bits per heavy atom. The lowest BCUT2D eigenvalue weighted by Crippen LogP contribution is -2.33. The van der Waals surface area contributed by atoms with Crippen LogP contribution in [0.15, 0.2) is 60.9 Å². The van der Waals surface area contributed by atoms with E-state index in [1.807, 2.05) is 29.2 Å². The van der Waals surface area contributed by atoms with E-state index in [4.69, 9.17) is 11.6 Å². The van der Waals surface area contributed by atoms with Gasteiger partial charge in [0.25, 0.3) is 0 Å². The fraction of sp³-hybridized carbons (Fsp3) is 0.273. The average molecular weight is 413 g/mol. The number of anilines is 1. The summed E-state index contributed by atoms with van der Waals surface area (Å²) < 4.78 is 14.7. The Morgan fingerprint density at radius 1 is 1.21 bits per heavy atom. The van der Waals surface area contributed by atoms with Crippen molar-refractivity contribution in [2.24, 2.45) is 5.92 Å². The first-order chi connectivity index (χ1) is 14.1. The number of aromatic nitrogens is 2. The lowest BCUT2D eigenvalue weighted by Gasteiger charge is -2.17. The highest BCUT2D eigenvalue weighted by atomic mass is 35.5. The molecule has 1 aliphatic heterocycles. The highest BCUT2D eigenvalue weighted by Crippen LogP contribution is 2.25. The summed E-state index contributed by atoms with van der Waals surface area (Å²) in [5.41, 5.74) is 2.71. The molecule has 5 nitrogen and oxygen atoms in total. The zero-order valence-electron chi connectivity index (χ0n) is 15.9. The number of carbonyl (C=O) groups is 1. The van der Waals surface area contributed by atoms with Gasteiger partial charge in [-0.3, -0.25) is 4.68 Å². The second-order valence-corrected chi connectivity index (χ2v) is 7.79. The molecule has 1 unspecified atom stereocenters. The Balaban J connectivity index is 1.30. The molecule has 7 heteroatoms. The molecular formula is C22H22ClFN4O. The van der Waals surface area contributed by atoms with Crippen LogP contribution in [0.3, 0.4) is 0 Å². The third-order valence-electron chi connectivity index (χ3n) is 5.18. The molecule has 0 bridgehead atoms. The van der Waals surface area contributed by atoms with E-state index in [0.29, 0.717) is 24.7 Å². The second-order valence-electron chi connectivity index (χ2n) is 7.38. The van der Waals surface area contributed by atoms with Crippen molar-refractivity contribution >= 4 is 23.3 Å². The molecule has 0 saturated carbocycles. The Morgan fingerprint density at radius 3 is 2.79 bits per heavy atom. The first-order valence-corrected chi connectivity index (χ1v) is 10.0. The van der Waals surface area contributed by atoms with Crippen LogP contribution in [0.1, 0.15) is 17.5 Å². The van der Waals surface area contributed by atoms with E-state index in [9.17, 15) is 9.18 Å². The molecule has 4 rings (SSSR count). The molecule has 1 saturated heterocycles. The number of urea groups is 1. The molecule has 2 amide bonds. The number of likely N-dealkylation sites (tertiary alicyclic amines) is 1. The topological polar surface area (TPSA) is 50.2 Å². The lowest BCUT2D eigenvalue weighted by atomic mass is 9.99. The maximum atomic E-state index is 13.0. The maximum absolute atomic E-state index is 13.0. The number of nitrogens with one attached hydrogen (secondary N) is 1. The summed E-state index contributed by atoms with van der Waals surface area (Å²) in [7, 11) is 0. The van der Waals surface area contributed by atoms with Crippen molar-refractivity contribution in [2.45, 2.75) is 19.4 Å². The molecule has 2 heterocycles. The van der Waals surface area contributed by atoms with Crippen LogP contribution in [0.4, 0.5) is 14.9 Å². The van der Waals surface area contributed by atoms with Crippen LogP contribution in [0.5, 0.6) is 0 Å². The lowest BCUT2D eigenvalue weighted by molar-refractivity contribution is 0.221. The molecule has 1 aliphatic rings. The standard InChI is InChI=1S/C22H22ClFN4O/c23-21-4-2-1-3-18(21)11-17-9-10-27(13-17)22(29)26-20-12-25-28(15-20)14-16-5-7-19(24)8-6-16/h1-8,12,15,17H,9-11,13-14H2,(H,26,29). The van der Waals surface area contributed by atoms with Gasteiger partial charge in [-0.25, -0.2) is 9.18 Å². The minimum Gasteiger partial charge on any atom is -0.324 e. The van der Waals surface area contributed by atoms with Crippen LogP contribution in [0, 0.1) is 11.7 Å². The Labute approximate surface area is 174 Å². The highest BCUT2D eigenvalue weighted by molar-refractivity contribution is 6.31. The summed E-state index contributed by atoms with van der Waals surface area (Å²) in [6.45, 7) is 1.95. The number of hydrogen-bond donors (Lipinski definition) is 1. The summed E-state index contributed by atoms with van der Waals surface area (Å²) in [5.74, 6) is 0.141. The van der Waals surface area contributed by atoms with Crippen molar-refractivity contribution < 1.29 is 9.18 Å². The van der Waals surface area contributed by atoms with E-state index >= 15 is 0 Å². The maximum Gasteiger partial charge on any atom is 0.321 e. The van der Waals surface area contributed by atoms with Gasteiger partial charge in [-0.1, -0.05) is 41.9 Å². The average Bonchev–Trinajstić information content (AvgIpc) is 3.35. The molecule has 0 spiro atoms. The van der Waals surface area contributed by atoms with Gasteiger partial charge in [-0.05, 0) is 48.1 Å². The Kier molecular flexibility index (Phi) is 5.81. The highest BCUT2D eigenvalue weighted by Gasteiger charge is 2.27. The van der Waals surface area contributed by atoms with Crippen LogP contribution in [0.25, 0.3) is 0 Å². The smallest absolute Gasteiger partial charge is 0.321 e. The van der Waals surface area contributed by atoms with E-state index in [1.54, 1.807) is 29.2 Å². The summed E-state index contributed by atoms with van der Waals surface area (Å²) in [6, 6.07) is 14.0. The molecule has 150 valence electrons. The van der Waals surface area contributed by atoms with Gasteiger partial charge in [0.2, 0.25) is 0 Å². The molecule has 1 aromatic heterocycles. The number of rotatable bonds is 5. The number of benzene rings is 2. The second kappa shape index (κ2) is 8.66. The summed E-state index contributed by atoms with van der Waals surface area (Å²) >= 11 is 6.26. The van der Waals surface area contributed by atoms with Crippen molar-refractivity contribution in [3.63, 3.8) is 0 Å². The van der Waals surface area contributed by atoms with Crippen LogP contribution in [-0.4, -0.2) is 33.8 Å². The molecular weight excluding hydrogens is 391 g/mol. The van der Waals surface area contributed by atoms with Crippen molar-refractivity contribution in [2.75, 3.05) is 18.4 Å². The predicted molar refractivity (Wildman–Crippen MR) is 112 cm³/mol. The fourth-order valence-electron chi connectivity index (χ4n) is 3.65. The number of nitrogens with zero attached hydrogens (tertiary/aromatic N) is 3. The van der Waals surface area contributed by atoms with Crippen molar-refractivity contribution in [1.29, 1.82) is 0 Å². The zero-order chi connectivity index (χ0) is 20.2. The fourth-order valence-corrected chi connectivity index (χ4v) is 3.87. The van der Waals surface area contributed by atoms with Crippen molar-refractivity contribution in [1.82, 2.24) is 14.7 Å². The molecule has 3 aromatic rings. The molecule has 2 aromatic carbocycles. The van der Waals surface area contributed by atoms with Gasteiger partial charge in [-0.15, -0.1) is 0 Å². The van der Waals surface area contributed by atoms with E-state index in [-0.39, 0.29) is 11.8 Å². The summed E-state index contributed by atoms with van der Waals surface area (Å²) in [4.78, 5) is 14.4. The largest absolute Gasteiger partial charge is 0.324 e. The molecule has 29 heavy (non-hydrogen) atoms. The zero-order valence-corrected chi connectivity index (χ0v) is 16.6. The van der Waals surface area contributed by atoms with Gasteiger partial charge in [0.15, 0.2) is 0 Å². The normalized spacial score (nSPS) is 16.2. The quantitative estimate of drug-likeness (QED) is 0.653. The van der Waals surface area contributed by atoms with Crippen LogP contribution < -0.4 is 5.32 Å². The molecule has 1 atom stereocenters. The van der Waals surface area contributed by atoms with E-state index < -0.39 is 0 Å². The van der Waals surface area contributed by atoms with Gasteiger partial charge in [0.1, 0.15) is 5.82 Å². The van der Waals surface area contributed by atoms with Gasteiger partial charge in [0, 0.05) is 24.3 Å². The monoisotopic (exact) mass is 412 g/mol. The summed E-state index contributed by atoms with van der Waals surface area (Å²) in [6.07, 6.45) is 5.23. The number of amides is 2. The molecule has 1 N–H and O–H groups in total. The van der Waals surface area contributed by atoms with Gasteiger partial charge in [0.05, 0.1) is 18.4 Å². The van der Waals surface area contributed by atoms with Gasteiger partial charge in [-0.2, -0.15) is 5.10 Å². The minimum absolute atomic E-state index is 0.118. The number of hydrogen-bond acceptors (Lipinski definition) is 2. The number of halogens is 2. The third-order valence-corrected chi connectivity index (χ3v) is 5.55. The Hall–Kier alpha value is -2.86. The third kappa shape index (κ3) is 4.95. The predicted octanol–water partition coefficient (Wildman–Crippen LogP) is 4.82. The van der Waals surface area contributed by atoms with Gasteiger partial charge < -0.3 is 10.2 Å². The first-order valence-electron chi connectivity index (χ1n) is 9.63. The minimum atomic E-state index is -0.263. The van der Waals surface area contributed by atoms with Crippen LogP contribution >= 0.6 is 11.6 Å². The van der Waals surface area contributed by atoms with Crippen LogP contribution in [-0.2, 0) is 13.0 Å². The van der Waals surface area contributed by atoms with Crippen molar-refractivity contribution in [3.8, 4) is 0 Å². The van der Waals surface area contributed by atoms with E-state index in [1.165, 1.54) is 12.1 Å². The molecule has 0 aliphatic carbocycles. The van der Waals surface area contributed by atoms with Crippen molar-refractivity contribution in [3.05, 3.63) is 82.9 Å². The number of carbonyl (C=O) groups excluding carboxylic acids is 1. The SMILES string of the molecule is O=C(Nc1cnn(Cc2ccc(F)cc2)c1)N1CCC(Cc2ccccc2Cl)C1. The van der Waals surface area contributed by atoms with E-state index in [0.717, 1.165) is 35.5 Å². The van der Waals surface area contributed by atoms with Crippen LogP contribution in [0.2, 0.25) is 5.02 Å². The molecule has 1 fully saturated rings.